The van der Waals surface area contributed by atoms with Crippen LogP contribution in [0.3, 0.4) is 0 Å². The molecule has 5 N–H and O–H groups in total. The van der Waals surface area contributed by atoms with Gasteiger partial charge >= 0.3 is 5.69 Å². The summed E-state index contributed by atoms with van der Waals surface area (Å²) < 4.78 is 30.9. The van der Waals surface area contributed by atoms with Gasteiger partial charge in [-0.2, -0.15) is 5.10 Å². The number of anilines is 1. The minimum absolute atomic E-state index is 0.0897. The summed E-state index contributed by atoms with van der Waals surface area (Å²) in [6, 6.07) is 3.52. The lowest BCUT2D eigenvalue weighted by molar-refractivity contribution is -0.122. The highest BCUT2D eigenvalue weighted by molar-refractivity contribution is 5.65. The minimum atomic E-state index is -2.70. The van der Waals surface area contributed by atoms with Crippen molar-refractivity contribution in [2.45, 2.75) is 71.8 Å². The molecule has 0 radical (unpaired) electrons. The average molecular weight is 553 g/mol. The Morgan fingerprint density at radius 3 is 2.49 bits per heavy atom. The monoisotopic (exact) mass is 552 g/mol. The number of carbonyl (C=O) groups is 1. The molecular weight excluding hydrogens is 510 g/mol. The molecule has 11 nitrogen and oxygen atoms in total. The summed E-state index contributed by atoms with van der Waals surface area (Å²) in [5.41, 5.74) is 8.94. The molecule has 2 aromatic heterocycles. The number of hydrogen-bond acceptors (Lipinski definition) is 8. The summed E-state index contributed by atoms with van der Waals surface area (Å²) in [6.07, 6.45) is 4.03. The van der Waals surface area contributed by atoms with Crippen LogP contribution in [0.4, 0.5) is 14.5 Å². The minimum Gasteiger partial charge on any atom is -0.483 e. The molecule has 2 fully saturated rings. The third-order valence-electron chi connectivity index (χ3n) is 6.63. The number of hydrazine groups is 1. The zero-order chi connectivity index (χ0) is 29.3. The highest BCUT2D eigenvalue weighted by Gasteiger charge is 2.36. The second-order valence-corrected chi connectivity index (χ2v) is 9.54. The molecule has 2 aromatic rings. The van der Waals surface area contributed by atoms with Crippen molar-refractivity contribution in [3.8, 4) is 0 Å². The van der Waals surface area contributed by atoms with E-state index in [1.165, 1.54) is 22.5 Å². The number of aryl methyl sites for hydroxylation is 1. The molecule has 4 rings (SSSR count). The zero-order valence-corrected chi connectivity index (χ0v) is 23.5. The number of likely N-dealkylation sites (N-methyl/N-ethyl adjacent to an activating group) is 1. The summed E-state index contributed by atoms with van der Waals surface area (Å²) in [5, 5.41) is 12.8. The Balaban J connectivity index is 0.000000998. The van der Waals surface area contributed by atoms with Gasteiger partial charge in [0.25, 0.3) is 12.4 Å². The molecule has 0 unspecified atom stereocenters. The number of nitrogens with zero attached hydrogens (tertiary/aromatic N) is 6. The third kappa shape index (κ3) is 8.25. The number of pyridine rings is 1. The fourth-order valence-corrected chi connectivity index (χ4v) is 4.43. The van der Waals surface area contributed by atoms with Gasteiger partial charge in [-0.05, 0) is 43.7 Å². The van der Waals surface area contributed by atoms with E-state index in [9.17, 15) is 13.6 Å². The molecular formula is C26H42F2N8O3. The van der Waals surface area contributed by atoms with Crippen LogP contribution >= 0.6 is 0 Å². The third-order valence-corrected chi connectivity index (χ3v) is 6.63. The van der Waals surface area contributed by atoms with Gasteiger partial charge in [0.1, 0.15) is 5.82 Å². The van der Waals surface area contributed by atoms with Gasteiger partial charge in [0.2, 0.25) is 0 Å². The van der Waals surface area contributed by atoms with Crippen molar-refractivity contribution in [1.82, 2.24) is 24.3 Å². The summed E-state index contributed by atoms with van der Waals surface area (Å²) in [5.74, 6) is 4.73. The van der Waals surface area contributed by atoms with E-state index in [2.05, 4.69) is 10.1 Å². The van der Waals surface area contributed by atoms with E-state index in [1.54, 1.807) is 35.7 Å². The van der Waals surface area contributed by atoms with E-state index in [0.29, 0.717) is 53.8 Å². The number of hydrogen-bond donors (Lipinski definition) is 3. The predicted molar refractivity (Wildman–Crippen MR) is 147 cm³/mol. The molecule has 0 spiro atoms. The maximum atomic E-state index is 14.0. The van der Waals surface area contributed by atoms with Gasteiger partial charge < -0.3 is 20.7 Å². The first-order chi connectivity index (χ1) is 18.5. The van der Waals surface area contributed by atoms with Gasteiger partial charge in [-0.1, -0.05) is 20.8 Å². The van der Waals surface area contributed by atoms with Crippen LogP contribution in [-0.4, -0.2) is 62.0 Å². The van der Waals surface area contributed by atoms with Crippen molar-refractivity contribution in [1.29, 1.82) is 0 Å². The van der Waals surface area contributed by atoms with E-state index < -0.39 is 5.92 Å². The summed E-state index contributed by atoms with van der Waals surface area (Å²) in [6.45, 7) is 6.04. The van der Waals surface area contributed by atoms with Gasteiger partial charge in [0, 0.05) is 33.5 Å². The predicted octanol–water partition coefficient (Wildman–Crippen LogP) is 2.59. The van der Waals surface area contributed by atoms with Gasteiger partial charge in [0.05, 0.1) is 41.6 Å². The average Bonchev–Trinajstić information content (AvgIpc) is 3.69. The molecule has 1 aliphatic heterocycles. The number of carboxylic acid groups (broad SMARTS) is 1. The Labute approximate surface area is 228 Å². The van der Waals surface area contributed by atoms with E-state index >= 15 is 0 Å². The first-order valence-corrected chi connectivity index (χ1v) is 13.3. The van der Waals surface area contributed by atoms with Gasteiger partial charge in [-0.25, -0.2) is 29.1 Å². The lowest BCUT2D eigenvalue weighted by Gasteiger charge is -2.35. The molecule has 1 aliphatic carbocycles. The second-order valence-electron chi connectivity index (χ2n) is 9.54. The van der Waals surface area contributed by atoms with Crippen molar-refractivity contribution >= 4 is 17.9 Å². The van der Waals surface area contributed by atoms with Gasteiger partial charge in [-0.15, -0.1) is 0 Å². The Morgan fingerprint density at radius 1 is 1.31 bits per heavy atom. The van der Waals surface area contributed by atoms with Gasteiger partial charge in [0.15, 0.2) is 0 Å². The molecule has 0 aromatic carbocycles. The smallest absolute Gasteiger partial charge is 0.346 e. The van der Waals surface area contributed by atoms with E-state index in [0.717, 1.165) is 12.2 Å². The van der Waals surface area contributed by atoms with Crippen LogP contribution in [0.25, 0.3) is 5.70 Å². The number of nitrogens with two attached hydrogens (primary N) is 2. The van der Waals surface area contributed by atoms with Crippen molar-refractivity contribution in [2.24, 2.45) is 24.5 Å². The van der Waals surface area contributed by atoms with Crippen molar-refractivity contribution in [2.75, 3.05) is 25.0 Å². The van der Waals surface area contributed by atoms with E-state index in [4.69, 9.17) is 21.5 Å². The van der Waals surface area contributed by atoms with Crippen LogP contribution in [-0.2, 0) is 31.2 Å². The molecule has 0 amide bonds. The summed E-state index contributed by atoms with van der Waals surface area (Å²) in [7, 11) is 3.37. The van der Waals surface area contributed by atoms with Crippen molar-refractivity contribution in [3.05, 3.63) is 45.5 Å². The Morgan fingerprint density at radius 2 is 1.95 bits per heavy atom. The van der Waals surface area contributed by atoms with Crippen LogP contribution < -0.4 is 22.2 Å². The zero-order valence-electron chi connectivity index (χ0n) is 23.5. The maximum Gasteiger partial charge on any atom is 0.346 e. The largest absolute Gasteiger partial charge is 0.483 e. The highest BCUT2D eigenvalue weighted by Crippen LogP contribution is 2.33. The Kier molecular flexibility index (Phi) is 11.4. The van der Waals surface area contributed by atoms with E-state index in [1.807, 2.05) is 20.8 Å². The van der Waals surface area contributed by atoms with E-state index in [-0.39, 0.29) is 31.7 Å². The van der Waals surface area contributed by atoms with Crippen LogP contribution in [0.1, 0.15) is 63.7 Å². The molecule has 218 valence electrons. The second kappa shape index (κ2) is 14.1. The molecule has 3 heterocycles. The molecule has 0 bridgehead atoms. The van der Waals surface area contributed by atoms with Crippen LogP contribution in [0.5, 0.6) is 0 Å². The highest BCUT2D eigenvalue weighted by atomic mass is 19.3. The fraction of sp³-hybridized carbons (Fsp3) is 0.615. The number of rotatable bonds is 8. The van der Waals surface area contributed by atoms with Crippen LogP contribution in [0.2, 0.25) is 0 Å². The number of aromatic nitrogens is 4. The SMILES string of the molecule is CC.CCc1nc(/C(N)=C(\Cn2nc(CC3CC3)n(C)c2=O)N(C)N)ccc1N1CCCC(F)(F)C1.O=CO. The molecule has 2 aliphatic rings. The molecule has 1 saturated carbocycles. The number of piperidine rings is 1. The standard InChI is InChI=1S/C23H34F2N8O.C2H6.CH2O2/c1-4-16-18(32-11-5-10-23(24,25)14-32)9-8-17(28-16)21(26)19(31(3)27)13-33-22(34)30(2)20(29-33)12-15-6-7-15;1-2;2-1-3/h8-9,15H,4-7,10-14,26-27H2,1-3H3;1-2H3;1H,(H,2,3)/b21-19-;;. The lowest BCUT2D eigenvalue weighted by atomic mass is 10.1. The first kappa shape index (κ1) is 31.7. The Bertz CT molecular complexity index is 1190. The lowest BCUT2D eigenvalue weighted by Crippen LogP contribution is -2.43. The normalized spacial score (nSPS) is 16.8. The van der Waals surface area contributed by atoms with Crippen molar-refractivity contribution in [3.63, 3.8) is 0 Å². The molecule has 0 atom stereocenters. The summed E-state index contributed by atoms with van der Waals surface area (Å²) >= 11 is 0. The van der Waals surface area contributed by atoms with Gasteiger partial charge in [-0.3, -0.25) is 9.36 Å². The quantitative estimate of drug-likeness (QED) is 0.255. The van der Waals surface area contributed by atoms with Crippen LogP contribution in [0, 0.1) is 5.92 Å². The Hall–Kier alpha value is -3.48. The molecule has 1 saturated heterocycles. The number of allylic oxidation sites excluding steroid dienone is 1. The first-order valence-electron chi connectivity index (χ1n) is 13.3. The topological polar surface area (TPSA) is 149 Å². The van der Waals surface area contributed by atoms with Crippen molar-refractivity contribution < 1.29 is 18.7 Å². The fourth-order valence-electron chi connectivity index (χ4n) is 4.43. The number of halogens is 2. The molecule has 39 heavy (non-hydrogen) atoms. The molecule has 13 heteroatoms. The maximum absolute atomic E-state index is 14.0. The number of alkyl halides is 2. The summed E-state index contributed by atoms with van der Waals surface area (Å²) in [4.78, 5) is 27.5. The van der Waals surface area contributed by atoms with Crippen LogP contribution in [0.15, 0.2) is 22.6 Å².